The van der Waals surface area contributed by atoms with Gasteiger partial charge in [-0.3, -0.25) is 4.79 Å². The monoisotopic (exact) mass is 455 g/mol. The molecule has 6 heteroatoms. The molecule has 0 unspecified atom stereocenters. The normalized spacial score (nSPS) is 12.6. The summed E-state index contributed by atoms with van der Waals surface area (Å²) in [7, 11) is 0. The molecular formula is C28H29N3O3. The number of H-pyrrole nitrogens is 1. The van der Waals surface area contributed by atoms with Gasteiger partial charge in [-0.25, -0.2) is 4.79 Å². The summed E-state index contributed by atoms with van der Waals surface area (Å²) in [5.41, 5.74) is 4.90. The third-order valence-corrected chi connectivity index (χ3v) is 5.82. The van der Waals surface area contributed by atoms with Crippen LogP contribution in [-0.4, -0.2) is 23.0 Å². The van der Waals surface area contributed by atoms with E-state index in [-0.39, 0.29) is 18.6 Å². The molecule has 0 aliphatic heterocycles. The Morgan fingerprint density at radius 3 is 2.50 bits per heavy atom. The van der Waals surface area contributed by atoms with Crippen molar-refractivity contribution >= 4 is 22.9 Å². The summed E-state index contributed by atoms with van der Waals surface area (Å²) < 4.78 is 5.42. The van der Waals surface area contributed by atoms with E-state index in [1.54, 1.807) is 0 Å². The predicted molar refractivity (Wildman–Crippen MR) is 133 cm³/mol. The molecular weight excluding hydrogens is 426 g/mol. The first-order chi connectivity index (χ1) is 16.5. The highest BCUT2D eigenvalue weighted by molar-refractivity contribution is 5.88. The SMILES string of the molecule is Cc1cccc(COC(=O)N[C@H](Cc2c[nH]c3ccccc23)C(=O)N[C@@H](C)c2ccccc2)c1. The Morgan fingerprint density at radius 2 is 1.71 bits per heavy atom. The van der Waals surface area contributed by atoms with Gasteiger partial charge in [0.2, 0.25) is 5.91 Å². The van der Waals surface area contributed by atoms with Gasteiger partial charge < -0.3 is 20.4 Å². The van der Waals surface area contributed by atoms with Crippen molar-refractivity contribution < 1.29 is 14.3 Å². The summed E-state index contributed by atoms with van der Waals surface area (Å²) in [6, 6.07) is 24.4. The minimum atomic E-state index is -0.796. The molecule has 174 valence electrons. The van der Waals surface area contributed by atoms with Crippen LogP contribution in [0.4, 0.5) is 4.79 Å². The van der Waals surface area contributed by atoms with Crippen LogP contribution >= 0.6 is 0 Å². The quantitative estimate of drug-likeness (QED) is 0.342. The van der Waals surface area contributed by atoms with E-state index in [1.165, 1.54) is 0 Å². The van der Waals surface area contributed by atoms with Crippen LogP contribution in [0.5, 0.6) is 0 Å². The number of benzene rings is 3. The Bertz CT molecular complexity index is 1270. The van der Waals surface area contributed by atoms with E-state index in [0.717, 1.165) is 33.2 Å². The van der Waals surface area contributed by atoms with Crippen LogP contribution in [-0.2, 0) is 22.6 Å². The number of aromatic nitrogens is 1. The van der Waals surface area contributed by atoms with Crippen LogP contribution in [0.15, 0.2) is 85.1 Å². The molecule has 34 heavy (non-hydrogen) atoms. The van der Waals surface area contributed by atoms with Crippen molar-refractivity contribution in [3.8, 4) is 0 Å². The molecule has 3 N–H and O–H groups in total. The van der Waals surface area contributed by atoms with Crippen molar-refractivity contribution in [2.75, 3.05) is 0 Å². The van der Waals surface area contributed by atoms with Crippen molar-refractivity contribution in [2.45, 2.75) is 39.0 Å². The molecule has 4 aromatic rings. The van der Waals surface area contributed by atoms with Crippen LogP contribution < -0.4 is 10.6 Å². The van der Waals surface area contributed by atoms with Gasteiger partial charge in [-0.1, -0.05) is 78.4 Å². The fourth-order valence-corrected chi connectivity index (χ4v) is 4.00. The van der Waals surface area contributed by atoms with Crippen LogP contribution in [0.1, 0.15) is 35.2 Å². The van der Waals surface area contributed by atoms with E-state index >= 15 is 0 Å². The molecule has 0 saturated carbocycles. The number of nitrogens with one attached hydrogen (secondary N) is 3. The van der Waals surface area contributed by atoms with Crippen LogP contribution in [0.25, 0.3) is 10.9 Å². The lowest BCUT2D eigenvalue weighted by Crippen LogP contribution is -2.48. The molecule has 4 rings (SSSR count). The zero-order valence-corrected chi connectivity index (χ0v) is 19.4. The predicted octanol–water partition coefficient (Wildman–Crippen LogP) is 5.19. The standard InChI is InChI=1S/C28H29N3O3/c1-19-9-8-10-21(15-19)18-34-28(33)31-26(16-23-17-29-25-14-7-6-13-24(23)25)27(32)30-20(2)22-11-4-3-5-12-22/h3-15,17,20,26,29H,16,18H2,1-2H3,(H,30,32)(H,31,33)/t20-,26+/m0/s1. The summed E-state index contributed by atoms with van der Waals surface area (Å²) in [6.45, 7) is 4.04. The smallest absolute Gasteiger partial charge is 0.408 e. The first-order valence-electron chi connectivity index (χ1n) is 11.4. The summed E-state index contributed by atoms with van der Waals surface area (Å²) in [5, 5.41) is 6.82. The minimum Gasteiger partial charge on any atom is -0.445 e. The van der Waals surface area contributed by atoms with Crippen LogP contribution in [0, 0.1) is 6.92 Å². The van der Waals surface area contributed by atoms with Crippen molar-refractivity contribution in [1.82, 2.24) is 15.6 Å². The molecule has 0 bridgehead atoms. The average Bonchev–Trinajstić information content (AvgIpc) is 3.26. The molecule has 6 nitrogen and oxygen atoms in total. The summed E-state index contributed by atoms with van der Waals surface area (Å²) in [4.78, 5) is 29.1. The fraction of sp³-hybridized carbons (Fsp3) is 0.214. The average molecular weight is 456 g/mol. The second kappa shape index (κ2) is 10.7. The van der Waals surface area contributed by atoms with E-state index in [9.17, 15) is 9.59 Å². The van der Waals surface area contributed by atoms with Gasteiger partial charge in [0, 0.05) is 23.5 Å². The van der Waals surface area contributed by atoms with Crippen molar-refractivity contribution in [2.24, 2.45) is 0 Å². The van der Waals surface area contributed by atoms with E-state index in [2.05, 4.69) is 15.6 Å². The van der Waals surface area contributed by atoms with Crippen molar-refractivity contribution in [3.63, 3.8) is 0 Å². The highest BCUT2D eigenvalue weighted by Gasteiger charge is 2.25. The lowest BCUT2D eigenvalue weighted by atomic mass is 10.0. The highest BCUT2D eigenvalue weighted by Crippen LogP contribution is 2.20. The molecule has 0 aliphatic carbocycles. The van der Waals surface area contributed by atoms with Gasteiger partial charge in [-0.15, -0.1) is 0 Å². The second-order valence-electron chi connectivity index (χ2n) is 8.47. The lowest BCUT2D eigenvalue weighted by molar-refractivity contribution is -0.123. The zero-order chi connectivity index (χ0) is 23.9. The number of alkyl carbamates (subject to hydrolysis) is 1. The topological polar surface area (TPSA) is 83.2 Å². The zero-order valence-electron chi connectivity index (χ0n) is 19.4. The fourth-order valence-electron chi connectivity index (χ4n) is 4.00. The Kier molecular flexibility index (Phi) is 7.28. The number of para-hydroxylation sites is 1. The number of ether oxygens (including phenoxy) is 1. The molecule has 0 saturated heterocycles. The Labute approximate surface area is 199 Å². The molecule has 0 fully saturated rings. The van der Waals surface area contributed by atoms with Gasteiger partial charge >= 0.3 is 6.09 Å². The third-order valence-electron chi connectivity index (χ3n) is 5.82. The number of fused-ring (bicyclic) bond motifs is 1. The maximum absolute atomic E-state index is 13.3. The van der Waals surface area contributed by atoms with Crippen molar-refractivity contribution in [3.05, 3.63) is 107 Å². The number of aromatic amines is 1. The van der Waals surface area contributed by atoms with Gasteiger partial charge in [0.1, 0.15) is 12.6 Å². The maximum atomic E-state index is 13.3. The minimum absolute atomic E-state index is 0.134. The van der Waals surface area contributed by atoms with Gasteiger partial charge in [-0.05, 0) is 36.6 Å². The number of hydrogen-bond donors (Lipinski definition) is 3. The molecule has 0 aliphatic rings. The molecule has 2 atom stereocenters. The third kappa shape index (κ3) is 5.84. The molecule has 1 heterocycles. The van der Waals surface area contributed by atoms with E-state index in [1.807, 2.05) is 98.9 Å². The Morgan fingerprint density at radius 1 is 0.941 bits per heavy atom. The number of amides is 2. The summed E-state index contributed by atoms with van der Waals surface area (Å²) in [6.07, 6.45) is 1.58. The largest absolute Gasteiger partial charge is 0.445 e. The number of aryl methyl sites for hydroxylation is 1. The van der Waals surface area contributed by atoms with Gasteiger partial charge in [0.05, 0.1) is 6.04 Å². The molecule has 0 radical (unpaired) electrons. The van der Waals surface area contributed by atoms with Crippen molar-refractivity contribution in [1.29, 1.82) is 0 Å². The first kappa shape index (κ1) is 23.1. The van der Waals surface area contributed by atoms with Gasteiger partial charge in [0.25, 0.3) is 0 Å². The van der Waals surface area contributed by atoms with E-state index in [4.69, 9.17) is 4.74 Å². The number of carbonyl (C=O) groups is 2. The molecule has 2 amide bonds. The number of rotatable bonds is 8. The van der Waals surface area contributed by atoms with Crippen LogP contribution in [0.2, 0.25) is 0 Å². The molecule has 0 spiro atoms. The highest BCUT2D eigenvalue weighted by atomic mass is 16.5. The van der Waals surface area contributed by atoms with Gasteiger partial charge in [0.15, 0.2) is 0 Å². The van der Waals surface area contributed by atoms with Gasteiger partial charge in [-0.2, -0.15) is 0 Å². The first-order valence-corrected chi connectivity index (χ1v) is 11.4. The molecule has 1 aromatic heterocycles. The lowest BCUT2D eigenvalue weighted by Gasteiger charge is -2.21. The Balaban J connectivity index is 1.48. The van der Waals surface area contributed by atoms with E-state index < -0.39 is 12.1 Å². The molecule has 3 aromatic carbocycles. The maximum Gasteiger partial charge on any atom is 0.408 e. The number of hydrogen-bond acceptors (Lipinski definition) is 3. The number of carbonyl (C=O) groups excluding carboxylic acids is 2. The van der Waals surface area contributed by atoms with Crippen LogP contribution in [0.3, 0.4) is 0 Å². The second-order valence-corrected chi connectivity index (χ2v) is 8.47. The van der Waals surface area contributed by atoms with E-state index in [0.29, 0.717) is 6.42 Å². The Hall–Kier alpha value is -4.06. The summed E-state index contributed by atoms with van der Waals surface area (Å²) >= 11 is 0. The summed E-state index contributed by atoms with van der Waals surface area (Å²) in [5.74, 6) is -0.269.